The quantitative estimate of drug-likeness (QED) is 0.638. The third kappa shape index (κ3) is 7.55. The first kappa shape index (κ1) is 17.0. The van der Waals surface area contributed by atoms with Crippen molar-refractivity contribution in [3.05, 3.63) is 35.6 Å². The van der Waals surface area contributed by atoms with E-state index >= 15 is 0 Å². The van der Waals surface area contributed by atoms with Crippen LogP contribution in [0.15, 0.2) is 24.3 Å². The highest BCUT2D eigenvalue weighted by atomic mass is 19.1. The molecule has 0 radical (unpaired) electrons. The highest BCUT2D eigenvalue weighted by molar-refractivity contribution is 5.16. The van der Waals surface area contributed by atoms with Crippen molar-refractivity contribution >= 4 is 0 Å². The lowest BCUT2D eigenvalue weighted by atomic mass is 10.1. The normalized spacial score (nSPS) is 14.2. The topological polar surface area (TPSA) is 50.7 Å². The molecule has 0 aromatic heterocycles. The number of ether oxygens (including phenoxy) is 2. The molecule has 0 bridgehead atoms. The highest BCUT2D eigenvalue weighted by Crippen LogP contribution is 2.05. The van der Waals surface area contributed by atoms with Crippen molar-refractivity contribution in [1.29, 1.82) is 0 Å². The predicted octanol–water partition coefficient (Wildman–Crippen LogP) is 1.37. The molecule has 0 saturated heterocycles. The molecule has 0 amide bonds. The van der Waals surface area contributed by atoms with Crippen LogP contribution in [-0.4, -0.2) is 50.7 Å². The molecule has 1 aromatic rings. The van der Waals surface area contributed by atoms with Crippen LogP contribution in [0.3, 0.4) is 0 Å². The van der Waals surface area contributed by atoms with Gasteiger partial charge in [0.25, 0.3) is 0 Å². The fourth-order valence-electron chi connectivity index (χ4n) is 1.80. The molecule has 4 nitrogen and oxygen atoms in total. The van der Waals surface area contributed by atoms with Crippen LogP contribution in [0.1, 0.15) is 12.5 Å². The lowest BCUT2D eigenvalue weighted by Gasteiger charge is -2.17. The van der Waals surface area contributed by atoms with E-state index in [-0.39, 0.29) is 11.9 Å². The number of methoxy groups -OCH3 is 1. The number of nitrogens with one attached hydrogen (secondary N) is 1. The van der Waals surface area contributed by atoms with E-state index in [4.69, 9.17) is 9.47 Å². The van der Waals surface area contributed by atoms with Crippen molar-refractivity contribution in [2.24, 2.45) is 0 Å². The summed E-state index contributed by atoms with van der Waals surface area (Å²) in [5, 5.41) is 13.0. The van der Waals surface area contributed by atoms with Gasteiger partial charge in [-0.05, 0) is 31.0 Å². The molecule has 20 heavy (non-hydrogen) atoms. The molecule has 114 valence electrons. The summed E-state index contributed by atoms with van der Waals surface area (Å²) >= 11 is 0. The van der Waals surface area contributed by atoms with Crippen LogP contribution in [0.4, 0.5) is 4.39 Å². The molecule has 0 aliphatic rings. The zero-order valence-corrected chi connectivity index (χ0v) is 12.1. The second-order valence-corrected chi connectivity index (χ2v) is 4.86. The Morgan fingerprint density at radius 3 is 2.60 bits per heavy atom. The molecular weight excluding hydrogens is 261 g/mol. The molecule has 1 aromatic carbocycles. The standard InChI is InChI=1S/C15H24FNO3/c1-12(9-13-3-5-14(16)6-4-13)17-10-15(18)11-20-8-7-19-2/h3-6,12,15,17-18H,7-11H2,1-2H3. The number of aliphatic hydroxyl groups is 1. The van der Waals surface area contributed by atoms with Gasteiger partial charge in [0.05, 0.1) is 25.9 Å². The van der Waals surface area contributed by atoms with Crippen LogP contribution >= 0.6 is 0 Å². The lowest BCUT2D eigenvalue weighted by molar-refractivity contribution is 0.0131. The SMILES string of the molecule is COCCOCC(O)CNC(C)Cc1ccc(F)cc1. The van der Waals surface area contributed by atoms with Gasteiger partial charge in [0, 0.05) is 19.7 Å². The molecule has 2 N–H and O–H groups in total. The Kier molecular flexibility index (Phi) is 8.37. The molecule has 0 aliphatic heterocycles. The van der Waals surface area contributed by atoms with Gasteiger partial charge in [-0.1, -0.05) is 12.1 Å². The van der Waals surface area contributed by atoms with Gasteiger partial charge in [-0.2, -0.15) is 0 Å². The minimum absolute atomic E-state index is 0.203. The minimum Gasteiger partial charge on any atom is -0.389 e. The fourth-order valence-corrected chi connectivity index (χ4v) is 1.80. The largest absolute Gasteiger partial charge is 0.389 e. The van der Waals surface area contributed by atoms with Gasteiger partial charge in [0.15, 0.2) is 0 Å². The molecule has 1 rings (SSSR count). The van der Waals surface area contributed by atoms with Crippen LogP contribution in [0, 0.1) is 5.82 Å². The predicted molar refractivity (Wildman–Crippen MR) is 76.3 cm³/mol. The molecule has 2 unspecified atom stereocenters. The molecule has 2 atom stereocenters. The molecule has 0 heterocycles. The number of hydrogen-bond donors (Lipinski definition) is 2. The Bertz CT molecular complexity index is 359. The van der Waals surface area contributed by atoms with Crippen LogP contribution < -0.4 is 5.32 Å². The first-order valence-corrected chi connectivity index (χ1v) is 6.84. The zero-order valence-electron chi connectivity index (χ0n) is 12.1. The first-order chi connectivity index (χ1) is 9.61. The smallest absolute Gasteiger partial charge is 0.123 e. The molecule has 0 spiro atoms. The van der Waals surface area contributed by atoms with Gasteiger partial charge in [-0.25, -0.2) is 4.39 Å². The lowest BCUT2D eigenvalue weighted by Crippen LogP contribution is -2.37. The Balaban J connectivity index is 2.15. The van der Waals surface area contributed by atoms with E-state index in [2.05, 4.69) is 5.32 Å². The third-order valence-electron chi connectivity index (χ3n) is 2.90. The molecule has 0 saturated carbocycles. The Hall–Kier alpha value is -1.01. The summed E-state index contributed by atoms with van der Waals surface area (Å²) in [5.74, 6) is -0.224. The van der Waals surface area contributed by atoms with Crippen molar-refractivity contribution in [3.8, 4) is 0 Å². The summed E-state index contributed by atoms with van der Waals surface area (Å²) in [6, 6.07) is 6.67. The van der Waals surface area contributed by atoms with Gasteiger partial charge in [-0.15, -0.1) is 0 Å². The van der Waals surface area contributed by atoms with Crippen LogP contribution in [0.2, 0.25) is 0 Å². The van der Waals surface area contributed by atoms with E-state index in [0.717, 1.165) is 12.0 Å². The zero-order chi connectivity index (χ0) is 14.8. The van der Waals surface area contributed by atoms with Crippen LogP contribution in [0.5, 0.6) is 0 Å². The number of aliphatic hydroxyl groups excluding tert-OH is 1. The summed E-state index contributed by atoms with van der Waals surface area (Å²) in [5.41, 5.74) is 1.07. The van der Waals surface area contributed by atoms with Gasteiger partial charge in [-0.3, -0.25) is 0 Å². The summed E-state index contributed by atoms with van der Waals surface area (Å²) in [4.78, 5) is 0. The van der Waals surface area contributed by atoms with E-state index in [1.54, 1.807) is 19.2 Å². The van der Waals surface area contributed by atoms with Crippen LogP contribution in [-0.2, 0) is 15.9 Å². The van der Waals surface area contributed by atoms with E-state index < -0.39 is 6.10 Å². The number of halogens is 1. The van der Waals surface area contributed by atoms with Gasteiger partial charge < -0.3 is 19.9 Å². The van der Waals surface area contributed by atoms with E-state index in [1.807, 2.05) is 6.92 Å². The Morgan fingerprint density at radius 1 is 1.25 bits per heavy atom. The first-order valence-electron chi connectivity index (χ1n) is 6.84. The van der Waals surface area contributed by atoms with Crippen molar-refractivity contribution in [2.75, 3.05) is 33.5 Å². The number of rotatable bonds is 10. The monoisotopic (exact) mass is 285 g/mol. The summed E-state index contributed by atoms with van der Waals surface area (Å²) < 4.78 is 22.9. The molecule has 0 fully saturated rings. The van der Waals surface area contributed by atoms with Gasteiger partial charge in [0.2, 0.25) is 0 Å². The van der Waals surface area contributed by atoms with E-state index in [0.29, 0.717) is 26.4 Å². The van der Waals surface area contributed by atoms with Crippen LogP contribution in [0.25, 0.3) is 0 Å². The number of benzene rings is 1. The maximum atomic E-state index is 12.8. The molecule has 5 heteroatoms. The summed E-state index contributed by atoms with van der Waals surface area (Å²) in [6.07, 6.45) is 0.250. The summed E-state index contributed by atoms with van der Waals surface area (Å²) in [6.45, 7) is 3.80. The van der Waals surface area contributed by atoms with Gasteiger partial charge >= 0.3 is 0 Å². The number of hydrogen-bond acceptors (Lipinski definition) is 4. The average Bonchev–Trinajstić information content (AvgIpc) is 2.44. The van der Waals surface area contributed by atoms with Gasteiger partial charge in [0.1, 0.15) is 5.82 Å². The minimum atomic E-state index is -0.539. The maximum Gasteiger partial charge on any atom is 0.123 e. The maximum absolute atomic E-state index is 12.8. The second kappa shape index (κ2) is 9.83. The third-order valence-corrected chi connectivity index (χ3v) is 2.90. The molecular formula is C15H24FNO3. The van der Waals surface area contributed by atoms with Crippen molar-refractivity contribution < 1.29 is 19.0 Å². The molecule has 0 aliphatic carbocycles. The van der Waals surface area contributed by atoms with E-state index in [9.17, 15) is 9.50 Å². The average molecular weight is 285 g/mol. The second-order valence-electron chi connectivity index (χ2n) is 4.86. The Labute approximate surface area is 119 Å². The fraction of sp³-hybridized carbons (Fsp3) is 0.600. The summed E-state index contributed by atoms with van der Waals surface area (Å²) in [7, 11) is 1.61. The van der Waals surface area contributed by atoms with E-state index in [1.165, 1.54) is 12.1 Å². The van der Waals surface area contributed by atoms with Crippen molar-refractivity contribution in [2.45, 2.75) is 25.5 Å². The van der Waals surface area contributed by atoms with Crippen molar-refractivity contribution in [3.63, 3.8) is 0 Å². The Morgan fingerprint density at radius 2 is 1.95 bits per heavy atom. The van der Waals surface area contributed by atoms with Crippen molar-refractivity contribution in [1.82, 2.24) is 5.32 Å². The highest BCUT2D eigenvalue weighted by Gasteiger charge is 2.08.